The molecule has 11 heavy (non-hydrogen) atoms. The van der Waals surface area contributed by atoms with Crippen LogP contribution in [0.2, 0.25) is 5.82 Å². The molecule has 0 aromatic carbocycles. The Labute approximate surface area is 67.0 Å². The predicted molar refractivity (Wildman–Crippen MR) is 45.0 cm³/mol. The van der Waals surface area contributed by atoms with E-state index < -0.39 is 11.8 Å². The van der Waals surface area contributed by atoms with E-state index in [0.717, 1.165) is 7.07 Å². The van der Waals surface area contributed by atoms with Gasteiger partial charge in [0, 0.05) is 0 Å². The normalized spacial score (nSPS) is 9.82. The molecule has 2 atom stereocenters. The molecule has 0 fully saturated rings. The minimum absolute atomic E-state index is 0. The van der Waals surface area contributed by atoms with Crippen molar-refractivity contribution in [2.45, 2.75) is 5.82 Å². The SMILES string of the molecule is P.[N-]=[N+]=NCC(B=N)C(=O)O. The number of nitrogens with one attached hydrogen (secondary N) is 1. The number of carbonyl (C=O) groups is 1. The molecule has 2 unspecified atom stereocenters. The zero-order valence-corrected chi connectivity index (χ0v) is 7.18. The van der Waals surface area contributed by atoms with Crippen LogP contribution in [0.15, 0.2) is 5.11 Å². The number of rotatable bonds is 4. The van der Waals surface area contributed by atoms with Crippen LogP contribution in [0.5, 0.6) is 0 Å². The van der Waals surface area contributed by atoms with Gasteiger partial charge in [-0.3, -0.25) is 0 Å². The zero-order valence-electron chi connectivity index (χ0n) is 5.77. The van der Waals surface area contributed by atoms with Gasteiger partial charge in [0.15, 0.2) is 0 Å². The Bertz CT molecular complexity index is 192. The molecule has 0 spiro atoms. The molecule has 0 rings (SSSR count). The van der Waals surface area contributed by atoms with Crippen LogP contribution < -0.4 is 0 Å². The van der Waals surface area contributed by atoms with Gasteiger partial charge in [-0.15, -0.1) is 0 Å². The first-order valence-electron chi connectivity index (χ1n) is 2.46. The molecule has 0 bridgehead atoms. The molecule has 0 aliphatic heterocycles. The van der Waals surface area contributed by atoms with Crippen LogP contribution in [0, 0.1) is 5.31 Å². The van der Waals surface area contributed by atoms with E-state index in [0.29, 0.717) is 0 Å². The van der Waals surface area contributed by atoms with Gasteiger partial charge in [0.05, 0.1) is 0 Å². The second-order valence-corrected chi connectivity index (χ2v) is 1.52. The van der Waals surface area contributed by atoms with Crippen molar-refractivity contribution >= 4 is 22.9 Å². The van der Waals surface area contributed by atoms with E-state index in [1.165, 1.54) is 0 Å². The van der Waals surface area contributed by atoms with Crippen LogP contribution in [0.3, 0.4) is 0 Å². The Balaban J connectivity index is 0. The maximum atomic E-state index is 10.1. The summed E-state index contributed by atoms with van der Waals surface area (Å²) in [5, 5.41) is 17.9. The summed E-state index contributed by atoms with van der Waals surface area (Å²) >= 11 is 0. The summed E-state index contributed by atoms with van der Waals surface area (Å²) in [6, 6.07) is 0. The standard InChI is InChI=1S/C3H5BN4O2.H3P/c5-4-2(3(9)10)1-7-8-6;/h2,5H,1H2,(H,9,10);1H3. The average molecular weight is 174 g/mol. The molecule has 0 aromatic heterocycles. The van der Waals surface area contributed by atoms with Gasteiger partial charge in [-0.05, 0) is 0 Å². The van der Waals surface area contributed by atoms with E-state index in [2.05, 4.69) is 10.0 Å². The molecule has 60 valence electrons. The van der Waals surface area contributed by atoms with Gasteiger partial charge in [-0.1, -0.05) is 0 Å². The fourth-order valence-corrected chi connectivity index (χ4v) is 0.327. The molecule has 0 saturated heterocycles. The molecular weight excluding hydrogens is 166 g/mol. The molecule has 2 N–H and O–H groups in total. The van der Waals surface area contributed by atoms with Crippen LogP contribution in [0.1, 0.15) is 0 Å². The quantitative estimate of drug-likeness (QED) is 0.215. The molecule has 0 aliphatic rings. The third kappa shape index (κ3) is 5.52. The number of nitrogens with zero attached hydrogens (tertiary/aromatic N) is 3. The van der Waals surface area contributed by atoms with Gasteiger partial charge >= 0.3 is 56.2 Å². The predicted octanol–water partition coefficient (Wildman–Crippen LogP) is 0.694. The Hall–Kier alpha value is -0.925. The second-order valence-electron chi connectivity index (χ2n) is 1.52. The Morgan fingerprint density at radius 2 is 2.45 bits per heavy atom. The third-order valence-electron chi connectivity index (χ3n) is 0.860. The van der Waals surface area contributed by atoms with Crippen LogP contribution in [0.25, 0.3) is 10.4 Å². The summed E-state index contributed by atoms with van der Waals surface area (Å²) in [4.78, 5) is 12.5. The van der Waals surface area contributed by atoms with Crippen molar-refractivity contribution in [1.29, 1.82) is 5.31 Å². The van der Waals surface area contributed by atoms with Crippen LogP contribution >= 0.6 is 9.90 Å². The monoisotopic (exact) mass is 174 g/mol. The van der Waals surface area contributed by atoms with Crippen molar-refractivity contribution in [2.24, 2.45) is 5.11 Å². The number of hydrogen-bond acceptors (Lipinski definition) is 3. The molecule has 0 aromatic rings. The van der Waals surface area contributed by atoms with Gasteiger partial charge in [-0.25, -0.2) is 0 Å². The summed E-state index contributed by atoms with van der Waals surface area (Å²) in [6.45, 7) is -0.199. The molecule has 0 heterocycles. The average Bonchev–Trinajstić information content (AvgIpc) is 1.89. The Morgan fingerprint density at radius 3 is 2.73 bits per heavy atom. The van der Waals surface area contributed by atoms with Gasteiger partial charge in [0.2, 0.25) is 0 Å². The molecule has 0 amide bonds. The second kappa shape index (κ2) is 7.19. The van der Waals surface area contributed by atoms with Crippen molar-refractivity contribution < 1.29 is 9.90 Å². The molecule has 0 saturated carbocycles. The summed E-state index contributed by atoms with van der Waals surface area (Å²) in [5.41, 5.74) is 7.78. The Morgan fingerprint density at radius 1 is 1.91 bits per heavy atom. The minimum atomic E-state index is -1.15. The van der Waals surface area contributed by atoms with Gasteiger partial charge < -0.3 is 0 Å². The van der Waals surface area contributed by atoms with Crippen molar-refractivity contribution in [2.75, 3.05) is 6.54 Å². The first-order valence-corrected chi connectivity index (χ1v) is 2.46. The van der Waals surface area contributed by atoms with E-state index in [1.807, 2.05) is 0 Å². The van der Waals surface area contributed by atoms with E-state index in [-0.39, 0.29) is 16.4 Å². The number of hydrogen-bond donors (Lipinski definition) is 2. The van der Waals surface area contributed by atoms with Crippen molar-refractivity contribution in [3.8, 4) is 0 Å². The van der Waals surface area contributed by atoms with Crippen molar-refractivity contribution in [3.05, 3.63) is 10.4 Å². The van der Waals surface area contributed by atoms with Crippen molar-refractivity contribution in [1.82, 2.24) is 0 Å². The molecule has 0 aliphatic carbocycles. The van der Waals surface area contributed by atoms with Gasteiger partial charge in [0.1, 0.15) is 0 Å². The molecule has 0 radical (unpaired) electrons. The fourth-order valence-electron chi connectivity index (χ4n) is 0.327. The Kier molecular flexibility index (Phi) is 8.31. The van der Waals surface area contributed by atoms with Crippen molar-refractivity contribution in [3.63, 3.8) is 0 Å². The maximum absolute atomic E-state index is 10.1. The zero-order chi connectivity index (χ0) is 7.98. The number of azide groups is 1. The van der Waals surface area contributed by atoms with Crippen LogP contribution in [0.4, 0.5) is 0 Å². The van der Waals surface area contributed by atoms with Gasteiger partial charge in [0.25, 0.3) is 0 Å². The van der Waals surface area contributed by atoms with E-state index in [9.17, 15) is 4.79 Å². The summed E-state index contributed by atoms with van der Waals surface area (Å²) in [6.07, 6.45) is 0. The first-order chi connectivity index (χ1) is 4.72. The number of carboxylic acid groups (broad SMARTS) is 1. The van der Waals surface area contributed by atoms with Crippen LogP contribution in [-0.2, 0) is 4.79 Å². The summed E-state index contributed by atoms with van der Waals surface area (Å²) in [5.74, 6) is -2.14. The van der Waals surface area contributed by atoms with E-state index in [4.69, 9.17) is 15.9 Å². The molecule has 8 heteroatoms. The molecule has 6 nitrogen and oxygen atoms in total. The van der Waals surface area contributed by atoms with Gasteiger partial charge in [-0.2, -0.15) is 9.90 Å². The third-order valence-corrected chi connectivity index (χ3v) is 0.860. The number of carboxylic acids is 1. The van der Waals surface area contributed by atoms with E-state index in [1.54, 1.807) is 0 Å². The fraction of sp³-hybridized carbons (Fsp3) is 0.667. The summed E-state index contributed by atoms with van der Waals surface area (Å²) in [7, 11) is 0.733. The number of aliphatic carboxylic acids is 1. The molecular formula is C3H8BN4O2P. The van der Waals surface area contributed by atoms with Crippen LogP contribution in [-0.4, -0.2) is 24.7 Å². The van der Waals surface area contributed by atoms with E-state index >= 15 is 0 Å². The first kappa shape index (κ1) is 12.7. The summed E-state index contributed by atoms with van der Waals surface area (Å²) < 4.78 is 0. The topological polar surface area (TPSA) is 110 Å².